The van der Waals surface area contributed by atoms with Crippen molar-refractivity contribution >= 4 is 65.6 Å². The zero-order valence-corrected chi connectivity index (χ0v) is 22.8. The Hall–Kier alpha value is -2.37. The summed E-state index contributed by atoms with van der Waals surface area (Å²) in [5.74, 6) is -0.348. The Balaban J connectivity index is 1.39. The number of piperidine rings is 1. The number of thiophene rings is 1. The molecule has 0 unspecified atom stereocenters. The van der Waals surface area contributed by atoms with Crippen LogP contribution in [-0.2, 0) is 27.8 Å². The number of sulfonamides is 1. The predicted octanol–water partition coefficient (Wildman–Crippen LogP) is 5.60. The average molecular weight is 561 g/mol. The van der Waals surface area contributed by atoms with E-state index < -0.39 is 10.0 Å². The van der Waals surface area contributed by atoms with Gasteiger partial charge in [0.25, 0.3) is 10.0 Å². The molecule has 1 aliphatic heterocycles. The van der Waals surface area contributed by atoms with Crippen molar-refractivity contribution in [2.24, 2.45) is 5.92 Å². The van der Waals surface area contributed by atoms with Crippen molar-refractivity contribution in [2.75, 3.05) is 18.0 Å². The van der Waals surface area contributed by atoms with Gasteiger partial charge in [0.1, 0.15) is 4.21 Å². The number of rotatable bonds is 7. The van der Waals surface area contributed by atoms with Crippen LogP contribution in [0.5, 0.6) is 0 Å². The van der Waals surface area contributed by atoms with Gasteiger partial charge in [-0.2, -0.15) is 4.31 Å². The normalized spacial score (nSPS) is 15.4. The maximum Gasteiger partial charge on any atom is 0.252 e. The number of carbonyl (C=O) groups is 1. The minimum absolute atomic E-state index is 0.0472. The highest BCUT2D eigenvalue weighted by atomic mass is 35.5. The van der Waals surface area contributed by atoms with Crippen LogP contribution in [-0.4, -0.2) is 41.7 Å². The molecule has 7 nitrogen and oxygen atoms in total. The molecule has 1 aromatic carbocycles. The third-order valence-corrected chi connectivity index (χ3v) is 11.0. The van der Waals surface area contributed by atoms with Crippen molar-refractivity contribution in [1.29, 1.82) is 0 Å². The fourth-order valence-corrected chi connectivity index (χ4v) is 8.54. The topological polar surface area (TPSA) is 83.5 Å². The standard InChI is InChI=1S/C25H25ClN4O3S3/c1-2-17-6-5-8-20-23(17)28-25(34-20)30(16-19-7-3-4-13-27-19)24(31)18-11-14-29(15-12-18)36(32,33)22-10-9-21(26)35-22/h3-10,13,18H,2,11-12,14-16H2,1H3. The first-order chi connectivity index (χ1) is 17.4. The third-order valence-electron chi connectivity index (χ3n) is 6.36. The van der Waals surface area contributed by atoms with Gasteiger partial charge in [-0.3, -0.25) is 14.7 Å². The quantitative estimate of drug-likeness (QED) is 0.294. The summed E-state index contributed by atoms with van der Waals surface area (Å²) in [6, 6.07) is 14.9. The molecule has 1 amide bonds. The van der Waals surface area contributed by atoms with E-state index in [9.17, 15) is 13.2 Å². The van der Waals surface area contributed by atoms with E-state index in [1.54, 1.807) is 17.2 Å². The molecule has 3 aromatic heterocycles. The zero-order chi connectivity index (χ0) is 25.3. The summed E-state index contributed by atoms with van der Waals surface area (Å²) in [6.45, 7) is 2.97. The SMILES string of the molecule is CCc1cccc2sc(N(Cc3ccccn3)C(=O)C3CCN(S(=O)(=O)c4ccc(Cl)s4)CC3)nc12. The maximum atomic E-state index is 13.8. The van der Waals surface area contributed by atoms with Crippen LogP contribution in [0.1, 0.15) is 31.0 Å². The summed E-state index contributed by atoms with van der Waals surface area (Å²) in [6.07, 6.45) is 3.46. The van der Waals surface area contributed by atoms with Crippen LogP contribution in [0.3, 0.4) is 0 Å². The molecule has 5 rings (SSSR count). The molecule has 11 heteroatoms. The van der Waals surface area contributed by atoms with Gasteiger partial charge in [0.15, 0.2) is 5.13 Å². The molecule has 0 saturated carbocycles. The molecule has 0 spiro atoms. The number of hydrogen-bond acceptors (Lipinski definition) is 7. The predicted molar refractivity (Wildman–Crippen MR) is 145 cm³/mol. The maximum absolute atomic E-state index is 13.8. The number of carbonyl (C=O) groups excluding carboxylic acids is 1. The van der Waals surface area contributed by atoms with Gasteiger partial charge >= 0.3 is 0 Å². The second-order valence-electron chi connectivity index (χ2n) is 8.60. The molecule has 0 N–H and O–H groups in total. The smallest absolute Gasteiger partial charge is 0.252 e. The Morgan fingerprint density at radius 2 is 1.92 bits per heavy atom. The Morgan fingerprint density at radius 3 is 2.58 bits per heavy atom. The van der Waals surface area contributed by atoms with Gasteiger partial charge in [0.2, 0.25) is 5.91 Å². The molecule has 0 bridgehead atoms. The number of aromatic nitrogens is 2. The number of anilines is 1. The van der Waals surface area contributed by atoms with Crippen LogP contribution in [0.25, 0.3) is 10.2 Å². The van der Waals surface area contributed by atoms with Crippen molar-refractivity contribution in [1.82, 2.24) is 14.3 Å². The van der Waals surface area contributed by atoms with Gasteiger partial charge in [0.05, 0.1) is 26.8 Å². The molecule has 0 aliphatic carbocycles. The second-order valence-corrected chi connectivity index (χ2v) is 13.5. The fourth-order valence-electron chi connectivity index (χ4n) is 4.42. The molecule has 1 aliphatic rings. The summed E-state index contributed by atoms with van der Waals surface area (Å²) in [5.41, 5.74) is 2.84. The summed E-state index contributed by atoms with van der Waals surface area (Å²) >= 11 is 8.50. The van der Waals surface area contributed by atoms with Crippen molar-refractivity contribution < 1.29 is 13.2 Å². The lowest BCUT2D eigenvalue weighted by Crippen LogP contribution is -2.44. The van der Waals surface area contributed by atoms with Crippen molar-refractivity contribution in [2.45, 2.75) is 36.9 Å². The highest BCUT2D eigenvalue weighted by Gasteiger charge is 2.35. The van der Waals surface area contributed by atoms with Crippen LogP contribution >= 0.6 is 34.3 Å². The number of halogens is 1. The summed E-state index contributed by atoms with van der Waals surface area (Å²) in [5, 5.41) is 0.643. The van der Waals surface area contributed by atoms with Crippen molar-refractivity contribution in [3.63, 3.8) is 0 Å². The Kier molecular flexibility index (Phi) is 7.41. The van der Waals surface area contributed by atoms with Crippen molar-refractivity contribution in [3.05, 3.63) is 70.3 Å². The van der Waals surface area contributed by atoms with E-state index in [4.69, 9.17) is 16.6 Å². The van der Waals surface area contributed by atoms with Crippen molar-refractivity contribution in [3.8, 4) is 0 Å². The molecule has 4 aromatic rings. The van der Waals surface area contributed by atoms with Crippen LogP contribution in [0.15, 0.2) is 58.9 Å². The molecule has 0 atom stereocenters. The van der Waals surface area contributed by atoms with Gasteiger partial charge in [-0.25, -0.2) is 13.4 Å². The lowest BCUT2D eigenvalue weighted by molar-refractivity contribution is -0.123. The van der Waals surface area contributed by atoms with E-state index in [2.05, 4.69) is 18.0 Å². The number of para-hydroxylation sites is 1. The van der Waals surface area contributed by atoms with E-state index in [-0.39, 0.29) is 29.1 Å². The molecule has 1 saturated heterocycles. The molecule has 1 fully saturated rings. The summed E-state index contributed by atoms with van der Waals surface area (Å²) < 4.78 is 29.2. The first kappa shape index (κ1) is 25.3. The van der Waals surface area contributed by atoms with Gasteiger partial charge in [0, 0.05) is 25.2 Å². The Bertz CT molecular complexity index is 1480. The lowest BCUT2D eigenvalue weighted by atomic mass is 9.96. The van der Waals surface area contributed by atoms with Gasteiger partial charge < -0.3 is 0 Å². The molecular weight excluding hydrogens is 536 g/mol. The lowest BCUT2D eigenvalue weighted by Gasteiger charge is -2.32. The molecule has 4 heterocycles. The van der Waals surface area contributed by atoms with Gasteiger partial charge in [-0.1, -0.05) is 48.1 Å². The number of nitrogens with zero attached hydrogens (tertiary/aromatic N) is 4. The van der Waals surface area contributed by atoms with Gasteiger partial charge in [-0.05, 0) is 55.2 Å². The minimum Gasteiger partial charge on any atom is -0.282 e. The largest absolute Gasteiger partial charge is 0.282 e. The van der Waals surface area contributed by atoms with Crippen LogP contribution in [0.4, 0.5) is 5.13 Å². The third kappa shape index (κ3) is 5.05. The minimum atomic E-state index is -3.61. The molecular formula is C25H25ClN4O3S3. The number of thiazole rings is 1. The van der Waals surface area contributed by atoms with E-state index in [0.29, 0.717) is 28.9 Å². The van der Waals surface area contributed by atoms with Crippen LogP contribution < -0.4 is 4.90 Å². The Morgan fingerprint density at radius 1 is 1.11 bits per heavy atom. The number of aryl methyl sites for hydroxylation is 1. The number of amides is 1. The highest BCUT2D eigenvalue weighted by molar-refractivity contribution is 7.91. The van der Waals surface area contributed by atoms with Gasteiger partial charge in [-0.15, -0.1) is 11.3 Å². The number of hydrogen-bond donors (Lipinski definition) is 0. The first-order valence-electron chi connectivity index (χ1n) is 11.7. The van der Waals surface area contributed by atoms with Crippen LogP contribution in [0.2, 0.25) is 4.34 Å². The zero-order valence-electron chi connectivity index (χ0n) is 19.6. The monoisotopic (exact) mass is 560 g/mol. The Labute approximate surface area is 223 Å². The van der Waals surface area contributed by atoms with Crippen LogP contribution in [0, 0.1) is 5.92 Å². The van der Waals surface area contributed by atoms with E-state index in [0.717, 1.165) is 39.2 Å². The molecule has 36 heavy (non-hydrogen) atoms. The molecule has 0 radical (unpaired) electrons. The summed E-state index contributed by atoms with van der Waals surface area (Å²) in [4.78, 5) is 24.9. The molecule has 188 valence electrons. The van der Waals surface area contributed by atoms with E-state index >= 15 is 0 Å². The summed E-state index contributed by atoms with van der Waals surface area (Å²) in [7, 11) is -3.61. The number of fused-ring (bicyclic) bond motifs is 1. The average Bonchev–Trinajstić information content (AvgIpc) is 3.54. The van der Waals surface area contributed by atoms with E-state index in [1.165, 1.54) is 21.7 Å². The number of pyridine rings is 1. The second kappa shape index (κ2) is 10.5. The first-order valence-corrected chi connectivity index (χ1v) is 15.2. The number of benzene rings is 1. The van der Waals surface area contributed by atoms with E-state index in [1.807, 2.05) is 30.3 Å². The highest BCUT2D eigenvalue weighted by Crippen LogP contribution is 2.35. The fraction of sp³-hybridized carbons (Fsp3) is 0.320.